The van der Waals surface area contributed by atoms with E-state index in [2.05, 4.69) is 29.9 Å². The molecule has 0 aliphatic carbocycles. The Morgan fingerprint density at radius 2 is 1.94 bits per heavy atom. The second-order valence-corrected chi connectivity index (χ2v) is 4.85. The van der Waals surface area contributed by atoms with Gasteiger partial charge in [0.05, 0.1) is 0 Å². The first-order valence-electron chi connectivity index (χ1n) is 5.82. The summed E-state index contributed by atoms with van der Waals surface area (Å²) in [5, 5.41) is 0.373. The second kappa shape index (κ2) is 5.36. The molecule has 0 fully saturated rings. The maximum absolute atomic E-state index is 5.80. The minimum absolute atomic E-state index is 0.373. The summed E-state index contributed by atoms with van der Waals surface area (Å²) in [5.41, 5.74) is 2.30. The Balaban J connectivity index is 2.30. The van der Waals surface area contributed by atoms with Crippen molar-refractivity contribution in [3.8, 4) is 11.6 Å². The van der Waals surface area contributed by atoms with E-state index in [-0.39, 0.29) is 0 Å². The summed E-state index contributed by atoms with van der Waals surface area (Å²) < 4.78 is 5.75. The van der Waals surface area contributed by atoms with E-state index in [0.29, 0.717) is 17.0 Å². The van der Waals surface area contributed by atoms with Gasteiger partial charge >= 0.3 is 0 Å². The largest absolute Gasteiger partial charge is 0.439 e. The van der Waals surface area contributed by atoms with E-state index in [0.717, 1.165) is 11.3 Å². The number of ether oxygens (including phenoxy) is 1. The SMILES string of the molecule is Cc1ccc(C(C)C)cc1Oc1cc(Cl)ncn1. The average molecular weight is 263 g/mol. The number of halogens is 1. The van der Waals surface area contributed by atoms with Crippen molar-refractivity contribution < 1.29 is 4.74 Å². The van der Waals surface area contributed by atoms with E-state index >= 15 is 0 Å². The summed E-state index contributed by atoms with van der Waals surface area (Å²) in [6.07, 6.45) is 1.39. The van der Waals surface area contributed by atoms with Crippen LogP contribution in [0.4, 0.5) is 0 Å². The quantitative estimate of drug-likeness (QED) is 0.771. The molecule has 0 unspecified atom stereocenters. The molecule has 2 aromatic rings. The van der Waals surface area contributed by atoms with Gasteiger partial charge in [-0.1, -0.05) is 37.6 Å². The Bertz CT molecular complexity index is 555. The van der Waals surface area contributed by atoms with Crippen molar-refractivity contribution in [2.24, 2.45) is 0 Å². The summed E-state index contributed by atoms with van der Waals surface area (Å²) in [5.74, 6) is 1.72. The molecule has 1 heterocycles. The van der Waals surface area contributed by atoms with E-state index in [1.807, 2.05) is 19.1 Å². The van der Waals surface area contributed by atoms with Crippen LogP contribution in [0.2, 0.25) is 5.15 Å². The van der Waals surface area contributed by atoms with Gasteiger partial charge in [0, 0.05) is 6.07 Å². The van der Waals surface area contributed by atoms with Gasteiger partial charge in [-0.2, -0.15) is 0 Å². The molecule has 0 atom stereocenters. The molecule has 3 nitrogen and oxygen atoms in total. The van der Waals surface area contributed by atoms with Crippen LogP contribution in [0.15, 0.2) is 30.6 Å². The molecule has 0 bridgehead atoms. The van der Waals surface area contributed by atoms with Gasteiger partial charge in [0.15, 0.2) is 0 Å². The van der Waals surface area contributed by atoms with Gasteiger partial charge in [-0.25, -0.2) is 9.97 Å². The summed E-state index contributed by atoms with van der Waals surface area (Å²) >= 11 is 5.80. The summed E-state index contributed by atoms with van der Waals surface area (Å²) in [6.45, 7) is 6.30. The van der Waals surface area contributed by atoms with Crippen LogP contribution >= 0.6 is 11.6 Å². The van der Waals surface area contributed by atoms with E-state index in [1.54, 1.807) is 6.07 Å². The standard InChI is InChI=1S/C14H15ClN2O/c1-9(2)11-5-4-10(3)12(6-11)18-14-7-13(15)16-8-17-14/h4-9H,1-3H3. The fourth-order valence-electron chi connectivity index (χ4n) is 1.57. The molecule has 18 heavy (non-hydrogen) atoms. The zero-order valence-corrected chi connectivity index (χ0v) is 11.4. The van der Waals surface area contributed by atoms with Crippen molar-refractivity contribution in [3.05, 3.63) is 46.9 Å². The van der Waals surface area contributed by atoms with Gasteiger partial charge in [-0.15, -0.1) is 0 Å². The number of rotatable bonds is 3. The molecule has 1 aromatic heterocycles. The highest BCUT2D eigenvalue weighted by molar-refractivity contribution is 6.29. The molecule has 0 aliphatic rings. The Morgan fingerprint density at radius 1 is 1.17 bits per heavy atom. The lowest BCUT2D eigenvalue weighted by Crippen LogP contribution is -1.94. The van der Waals surface area contributed by atoms with E-state index in [4.69, 9.17) is 16.3 Å². The van der Waals surface area contributed by atoms with Crippen molar-refractivity contribution in [1.29, 1.82) is 0 Å². The van der Waals surface area contributed by atoms with E-state index in [9.17, 15) is 0 Å². The summed E-state index contributed by atoms with van der Waals surface area (Å²) in [6, 6.07) is 7.80. The van der Waals surface area contributed by atoms with Crippen LogP contribution < -0.4 is 4.74 Å². The molecule has 0 saturated heterocycles. The summed E-state index contributed by atoms with van der Waals surface area (Å²) in [4.78, 5) is 7.86. The van der Waals surface area contributed by atoms with Gasteiger partial charge in [0.2, 0.25) is 5.88 Å². The molecule has 4 heteroatoms. The lowest BCUT2D eigenvalue weighted by atomic mass is 10.0. The highest BCUT2D eigenvalue weighted by atomic mass is 35.5. The number of aromatic nitrogens is 2. The van der Waals surface area contributed by atoms with Crippen molar-refractivity contribution >= 4 is 11.6 Å². The normalized spacial score (nSPS) is 10.7. The maximum atomic E-state index is 5.80. The van der Waals surface area contributed by atoms with Crippen LogP contribution in [0.5, 0.6) is 11.6 Å². The third kappa shape index (κ3) is 2.99. The molecule has 0 N–H and O–H groups in total. The number of aryl methyl sites for hydroxylation is 1. The number of nitrogens with zero attached hydrogens (tertiary/aromatic N) is 2. The van der Waals surface area contributed by atoms with Crippen LogP contribution in [-0.2, 0) is 0 Å². The summed E-state index contributed by atoms with van der Waals surface area (Å²) in [7, 11) is 0. The van der Waals surface area contributed by atoms with Crippen molar-refractivity contribution in [2.45, 2.75) is 26.7 Å². The van der Waals surface area contributed by atoms with Gasteiger partial charge in [-0.3, -0.25) is 0 Å². The van der Waals surface area contributed by atoms with E-state index in [1.165, 1.54) is 11.9 Å². The molecule has 0 amide bonds. The molecule has 0 radical (unpaired) electrons. The molecule has 0 aliphatic heterocycles. The topological polar surface area (TPSA) is 35.0 Å². The molecule has 94 valence electrons. The minimum atomic E-state index is 0.373. The first-order chi connectivity index (χ1) is 8.56. The zero-order valence-electron chi connectivity index (χ0n) is 10.6. The molecule has 2 rings (SSSR count). The Kier molecular flexibility index (Phi) is 3.82. The monoisotopic (exact) mass is 262 g/mol. The number of hydrogen-bond acceptors (Lipinski definition) is 3. The molecule has 1 aromatic carbocycles. The van der Waals surface area contributed by atoms with Crippen LogP contribution in [0, 0.1) is 6.92 Å². The van der Waals surface area contributed by atoms with Crippen molar-refractivity contribution in [3.63, 3.8) is 0 Å². The highest BCUT2D eigenvalue weighted by Crippen LogP contribution is 2.28. The average Bonchev–Trinajstić information content (AvgIpc) is 2.31. The first-order valence-corrected chi connectivity index (χ1v) is 6.20. The lowest BCUT2D eigenvalue weighted by molar-refractivity contribution is 0.457. The first kappa shape index (κ1) is 12.8. The highest BCUT2D eigenvalue weighted by Gasteiger charge is 2.07. The van der Waals surface area contributed by atoms with Crippen LogP contribution in [0.25, 0.3) is 0 Å². The second-order valence-electron chi connectivity index (χ2n) is 4.46. The smallest absolute Gasteiger partial charge is 0.223 e. The Hall–Kier alpha value is -1.61. The van der Waals surface area contributed by atoms with Gasteiger partial charge in [-0.05, 0) is 30.0 Å². The van der Waals surface area contributed by atoms with Gasteiger partial charge in [0.1, 0.15) is 17.2 Å². The predicted molar refractivity (Wildman–Crippen MR) is 72.4 cm³/mol. The fraction of sp³-hybridized carbons (Fsp3) is 0.286. The van der Waals surface area contributed by atoms with Crippen molar-refractivity contribution in [2.75, 3.05) is 0 Å². The Labute approximate surface area is 112 Å². The van der Waals surface area contributed by atoms with E-state index < -0.39 is 0 Å². The minimum Gasteiger partial charge on any atom is -0.439 e. The van der Waals surface area contributed by atoms with Crippen LogP contribution in [-0.4, -0.2) is 9.97 Å². The van der Waals surface area contributed by atoms with Gasteiger partial charge < -0.3 is 4.74 Å². The fourth-order valence-corrected chi connectivity index (χ4v) is 1.71. The van der Waals surface area contributed by atoms with Crippen LogP contribution in [0.3, 0.4) is 0 Å². The van der Waals surface area contributed by atoms with Gasteiger partial charge in [0.25, 0.3) is 0 Å². The lowest BCUT2D eigenvalue weighted by Gasteiger charge is -2.11. The number of hydrogen-bond donors (Lipinski definition) is 0. The molecular weight excluding hydrogens is 248 g/mol. The van der Waals surface area contributed by atoms with Crippen molar-refractivity contribution in [1.82, 2.24) is 9.97 Å². The molecule has 0 saturated carbocycles. The number of benzene rings is 1. The molecular formula is C14H15ClN2O. The Morgan fingerprint density at radius 3 is 2.61 bits per heavy atom. The third-order valence-electron chi connectivity index (χ3n) is 2.70. The third-order valence-corrected chi connectivity index (χ3v) is 2.91. The molecule has 0 spiro atoms. The van der Waals surface area contributed by atoms with Crippen LogP contribution in [0.1, 0.15) is 30.9 Å². The predicted octanol–water partition coefficient (Wildman–Crippen LogP) is 4.35. The zero-order chi connectivity index (χ0) is 13.1. The maximum Gasteiger partial charge on any atom is 0.223 e.